The van der Waals surface area contributed by atoms with Crippen molar-refractivity contribution in [3.05, 3.63) is 57.8 Å². The average Bonchev–Trinajstić information content (AvgIpc) is 2.76. The summed E-state index contributed by atoms with van der Waals surface area (Å²) in [6.45, 7) is 0.491. The van der Waals surface area contributed by atoms with Crippen molar-refractivity contribution in [2.45, 2.75) is 12.8 Å². The molecule has 1 aromatic carbocycles. The van der Waals surface area contributed by atoms with Gasteiger partial charge in [0.2, 0.25) is 5.96 Å². The number of carbonyl (C=O) groups excluding carboxylic acids is 1. The maximum absolute atomic E-state index is 14.6. The SMILES string of the molecule is CNC(=O)c1cc(CCC2C=NC(Nc3ccn(C)c(=O)c3)=NC2)c(F)c(OC)c1. The van der Waals surface area contributed by atoms with E-state index in [1.807, 2.05) is 0 Å². The van der Waals surface area contributed by atoms with Gasteiger partial charge in [0, 0.05) is 49.7 Å². The number of nitrogens with one attached hydrogen (secondary N) is 2. The number of carbonyl (C=O) groups is 1. The number of halogens is 1. The van der Waals surface area contributed by atoms with Gasteiger partial charge in [-0.25, -0.2) is 9.38 Å². The predicted molar refractivity (Wildman–Crippen MR) is 114 cm³/mol. The van der Waals surface area contributed by atoms with Gasteiger partial charge in [-0.15, -0.1) is 0 Å². The van der Waals surface area contributed by atoms with E-state index in [-0.39, 0.29) is 23.1 Å². The monoisotopic (exact) mass is 413 g/mol. The van der Waals surface area contributed by atoms with E-state index in [0.717, 1.165) is 0 Å². The molecular weight excluding hydrogens is 389 g/mol. The topological polar surface area (TPSA) is 97.1 Å². The Morgan fingerprint density at radius 2 is 2.17 bits per heavy atom. The van der Waals surface area contributed by atoms with Crippen molar-refractivity contribution < 1.29 is 13.9 Å². The highest BCUT2D eigenvalue weighted by atomic mass is 19.1. The molecule has 0 bridgehead atoms. The van der Waals surface area contributed by atoms with E-state index in [2.05, 4.69) is 20.6 Å². The van der Waals surface area contributed by atoms with Crippen LogP contribution in [0, 0.1) is 11.7 Å². The highest BCUT2D eigenvalue weighted by Crippen LogP contribution is 2.25. The molecule has 30 heavy (non-hydrogen) atoms. The van der Waals surface area contributed by atoms with Gasteiger partial charge in [-0.1, -0.05) is 0 Å². The fourth-order valence-electron chi connectivity index (χ4n) is 3.06. The van der Waals surface area contributed by atoms with Crippen molar-refractivity contribution in [1.29, 1.82) is 0 Å². The molecule has 0 saturated carbocycles. The van der Waals surface area contributed by atoms with Gasteiger partial charge in [0.1, 0.15) is 0 Å². The summed E-state index contributed by atoms with van der Waals surface area (Å²) in [5.74, 6) is -0.261. The van der Waals surface area contributed by atoms with Crippen LogP contribution in [-0.4, -0.2) is 43.4 Å². The molecule has 9 heteroatoms. The lowest BCUT2D eigenvalue weighted by atomic mass is 9.98. The number of guanidine groups is 1. The number of rotatable bonds is 6. The molecule has 0 fully saturated rings. The maximum Gasteiger partial charge on any atom is 0.252 e. The number of anilines is 1. The number of hydrogen-bond acceptors (Lipinski definition) is 6. The van der Waals surface area contributed by atoms with Crippen LogP contribution in [0.25, 0.3) is 0 Å². The number of nitrogens with zero attached hydrogens (tertiary/aromatic N) is 3. The van der Waals surface area contributed by atoms with Gasteiger partial charge in [0.25, 0.3) is 11.5 Å². The molecule has 1 aliphatic rings. The molecule has 1 aliphatic heterocycles. The van der Waals surface area contributed by atoms with Gasteiger partial charge in [-0.3, -0.25) is 14.6 Å². The zero-order valence-corrected chi connectivity index (χ0v) is 17.1. The lowest BCUT2D eigenvalue weighted by Crippen LogP contribution is -2.22. The van der Waals surface area contributed by atoms with Crippen molar-refractivity contribution in [2.75, 3.05) is 26.0 Å². The molecule has 1 aromatic heterocycles. The Morgan fingerprint density at radius 3 is 2.80 bits per heavy atom. The van der Waals surface area contributed by atoms with Gasteiger partial charge in [0.05, 0.1) is 13.7 Å². The van der Waals surface area contributed by atoms with Crippen LogP contribution in [0.4, 0.5) is 10.1 Å². The molecule has 2 N–H and O–H groups in total. The Bertz CT molecular complexity index is 1060. The number of aryl methyl sites for hydroxylation is 2. The standard InChI is InChI=1S/C21H24FN5O3/c1-23-20(29)15-8-14(19(22)17(9-15)30-3)5-4-13-11-24-21(25-12-13)26-16-6-7-27(2)18(28)10-16/h6-11,13H,4-5,12H2,1-3H3,(H,23,29)(H,25,26). The molecule has 2 aromatic rings. The van der Waals surface area contributed by atoms with Crippen LogP contribution >= 0.6 is 0 Å². The van der Waals surface area contributed by atoms with Crippen LogP contribution < -0.4 is 20.9 Å². The van der Waals surface area contributed by atoms with Gasteiger partial charge >= 0.3 is 0 Å². The van der Waals surface area contributed by atoms with Gasteiger partial charge in [-0.2, -0.15) is 0 Å². The summed E-state index contributed by atoms with van der Waals surface area (Å²) in [5.41, 5.74) is 1.25. The second-order valence-electron chi connectivity index (χ2n) is 6.96. The summed E-state index contributed by atoms with van der Waals surface area (Å²) in [5, 5.41) is 5.54. The van der Waals surface area contributed by atoms with Gasteiger partial charge in [0.15, 0.2) is 11.6 Å². The number of aliphatic imine (C=N–C) groups is 2. The van der Waals surface area contributed by atoms with Crippen molar-refractivity contribution in [3.63, 3.8) is 0 Å². The first-order valence-corrected chi connectivity index (χ1v) is 9.52. The molecule has 1 amide bonds. The Hall–Kier alpha value is -3.49. The van der Waals surface area contributed by atoms with E-state index in [4.69, 9.17) is 4.74 Å². The predicted octanol–water partition coefficient (Wildman–Crippen LogP) is 1.99. The normalized spacial score (nSPS) is 15.5. The molecule has 0 spiro atoms. The number of methoxy groups -OCH3 is 1. The molecule has 1 unspecified atom stereocenters. The fraction of sp³-hybridized carbons (Fsp3) is 0.333. The van der Waals surface area contributed by atoms with Crippen LogP contribution in [0.3, 0.4) is 0 Å². The minimum Gasteiger partial charge on any atom is -0.494 e. The lowest BCUT2D eigenvalue weighted by Gasteiger charge is -2.16. The molecule has 8 nitrogen and oxygen atoms in total. The zero-order valence-electron chi connectivity index (χ0n) is 17.1. The minimum atomic E-state index is -0.464. The van der Waals surface area contributed by atoms with Crippen molar-refractivity contribution >= 4 is 23.8 Å². The summed E-state index contributed by atoms with van der Waals surface area (Å²) in [4.78, 5) is 32.3. The molecular formula is C21H24FN5O3. The highest BCUT2D eigenvalue weighted by molar-refractivity contribution is 5.99. The van der Waals surface area contributed by atoms with Crippen molar-refractivity contribution in [3.8, 4) is 5.75 Å². The largest absolute Gasteiger partial charge is 0.494 e. The highest BCUT2D eigenvalue weighted by Gasteiger charge is 2.17. The summed E-state index contributed by atoms with van der Waals surface area (Å²) in [7, 11) is 4.57. The van der Waals surface area contributed by atoms with E-state index in [1.165, 1.54) is 30.9 Å². The number of aromatic nitrogens is 1. The van der Waals surface area contributed by atoms with Crippen molar-refractivity contribution in [1.82, 2.24) is 9.88 Å². The van der Waals surface area contributed by atoms with E-state index in [0.29, 0.717) is 42.2 Å². The van der Waals surface area contributed by atoms with Gasteiger partial charge < -0.3 is 19.9 Å². The van der Waals surface area contributed by atoms with Crippen molar-refractivity contribution in [2.24, 2.45) is 23.0 Å². The Balaban J connectivity index is 1.63. The first-order chi connectivity index (χ1) is 14.4. The Labute approximate surface area is 173 Å². The van der Waals surface area contributed by atoms with Crippen LogP contribution in [0.2, 0.25) is 0 Å². The van der Waals surface area contributed by atoms with E-state index < -0.39 is 5.82 Å². The van der Waals surface area contributed by atoms with E-state index in [9.17, 15) is 14.0 Å². The zero-order chi connectivity index (χ0) is 21.7. The number of ether oxygens (including phenoxy) is 1. The lowest BCUT2D eigenvalue weighted by molar-refractivity contribution is 0.0962. The fourth-order valence-corrected chi connectivity index (χ4v) is 3.06. The second kappa shape index (κ2) is 9.34. The molecule has 0 saturated heterocycles. The quantitative estimate of drug-likeness (QED) is 0.757. The van der Waals surface area contributed by atoms with Crippen LogP contribution in [-0.2, 0) is 13.5 Å². The minimum absolute atomic E-state index is 0.0354. The number of hydrogen-bond donors (Lipinski definition) is 2. The summed E-state index contributed by atoms with van der Waals surface area (Å²) in [6, 6.07) is 6.17. The number of amides is 1. The number of benzene rings is 1. The molecule has 0 aliphatic carbocycles. The van der Waals surface area contributed by atoms with E-state index >= 15 is 0 Å². The molecule has 3 rings (SSSR count). The van der Waals surface area contributed by atoms with Gasteiger partial charge in [-0.05, 0) is 36.6 Å². The summed E-state index contributed by atoms with van der Waals surface area (Å²) >= 11 is 0. The third kappa shape index (κ3) is 4.91. The summed E-state index contributed by atoms with van der Waals surface area (Å²) in [6.07, 6.45) is 4.46. The third-order valence-corrected chi connectivity index (χ3v) is 4.85. The molecule has 0 radical (unpaired) electrons. The smallest absolute Gasteiger partial charge is 0.252 e. The number of pyridine rings is 1. The molecule has 2 heterocycles. The Kier molecular flexibility index (Phi) is 6.61. The van der Waals surface area contributed by atoms with E-state index in [1.54, 1.807) is 31.6 Å². The maximum atomic E-state index is 14.6. The molecule has 158 valence electrons. The van der Waals surface area contributed by atoms with Crippen LogP contribution in [0.1, 0.15) is 22.3 Å². The van der Waals surface area contributed by atoms with Crippen LogP contribution in [0.15, 0.2) is 45.2 Å². The first-order valence-electron chi connectivity index (χ1n) is 9.52. The molecule has 1 atom stereocenters. The summed E-state index contributed by atoms with van der Waals surface area (Å²) < 4.78 is 21.1. The third-order valence-electron chi connectivity index (χ3n) is 4.85. The Morgan fingerprint density at radius 1 is 1.37 bits per heavy atom. The first kappa shape index (κ1) is 21.2. The van der Waals surface area contributed by atoms with Crippen LogP contribution in [0.5, 0.6) is 5.75 Å². The average molecular weight is 413 g/mol. The second-order valence-corrected chi connectivity index (χ2v) is 6.96.